The Bertz CT molecular complexity index is 664. The number of carbonyl (C=O) groups is 1. The van der Waals surface area contributed by atoms with Crippen LogP contribution in [-0.2, 0) is 10.0 Å². The van der Waals surface area contributed by atoms with Crippen LogP contribution in [-0.4, -0.2) is 27.0 Å². The smallest absolute Gasteiger partial charge is 0.251 e. The molecule has 0 aliphatic heterocycles. The van der Waals surface area contributed by atoms with Gasteiger partial charge in [0.25, 0.3) is 5.91 Å². The van der Waals surface area contributed by atoms with Gasteiger partial charge in [-0.25, -0.2) is 13.6 Å². The van der Waals surface area contributed by atoms with E-state index in [9.17, 15) is 13.2 Å². The predicted molar refractivity (Wildman–Crippen MR) is 78.6 cm³/mol. The van der Waals surface area contributed by atoms with Crippen LogP contribution in [0.15, 0.2) is 23.1 Å². The molecular weight excluding hydrogens is 292 g/mol. The summed E-state index contributed by atoms with van der Waals surface area (Å²) in [6.07, 6.45) is 2.19. The monoisotopic (exact) mass is 312 g/mol. The maximum Gasteiger partial charge on any atom is 0.251 e. The van der Waals surface area contributed by atoms with E-state index < -0.39 is 10.0 Å². The first-order valence-corrected chi connectivity index (χ1v) is 8.23. The Balaban J connectivity index is 2.30. The Labute approximate surface area is 124 Å². The largest absolute Gasteiger partial charge is 0.495 e. The normalized spacial score (nSPS) is 15.6. The van der Waals surface area contributed by atoms with Gasteiger partial charge in [0.05, 0.1) is 7.11 Å². The molecule has 0 saturated heterocycles. The summed E-state index contributed by atoms with van der Waals surface area (Å²) in [6, 6.07) is 4.19. The molecular formula is C14H20N2O4S. The minimum Gasteiger partial charge on any atom is -0.495 e. The van der Waals surface area contributed by atoms with Crippen LogP contribution in [0.2, 0.25) is 0 Å². The molecule has 2 rings (SSSR count). The lowest BCUT2D eigenvalue weighted by atomic mass is 9.98. The number of carbonyl (C=O) groups excluding carboxylic acids is 1. The van der Waals surface area contributed by atoms with Crippen molar-refractivity contribution in [3.63, 3.8) is 0 Å². The zero-order valence-corrected chi connectivity index (χ0v) is 13.2. The van der Waals surface area contributed by atoms with Gasteiger partial charge in [-0.05, 0) is 50.8 Å². The minimum atomic E-state index is -3.95. The first kappa shape index (κ1) is 15.8. The van der Waals surface area contributed by atoms with Gasteiger partial charge < -0.3 is 10.1 Å². The number of hydrogen-bond acceptors (Lipinski definition) is 4. The zero-order chi connectivity index (χ0) is 15.8. The molecule has 0 unspecified atom stereocenters. The van der Waals surface area contributed by atoms with Crippen LogP contribution in [0.5, 0.6) is 5.75 Å². The van der Waals surface area contributed by atoms with E-state index in [4.69, 9.17) is 9.88 Å². The summed E-state index contributed by atoms with van der Waals surface area (Å²) in [7, 11) is -2.61. The van der Waals surface area contributed by atoms with Crippen LogP contribution in [0.1, 0.15) is 37.0 Å². The standard InChI is InChI=1S/C14H20N2O4S/c1-14(2,10-5-6-10)16-13(17)9-4-7-11(20-3)12(8-9)21(15,18)19/h4,7-8,10H,5-6H2,1-3H3,(H,16,17)(H2,15,18,19). The summed E-state index contributed by atoms with van der Waals surface area (Å²) in [5, 5.41) is 8.08. The van der Waals surface area contributed by atoms with E-state index in [1.807, 2.05) is 13.8 Å². The number of methoxy groups -OCH3 is 1. The van der Waals surface area contributed by atoms with Crippen LogP contribution in [0.4, 0.5) is 0 Å². The maximum absolute atomic E-state index is 12.3. The molecule has 0 bridgehead atoms. The van der Waals surface area contributed by atoms with Gasteiger partial charge >= 0.3 is 0 Å². The highest BCUT2D eigenvalue weighted by Crippen LogP contribution is 2.39. The third kappa shape index (κ3) is 3.54. The van der Waals surface area contributed by atoms with Gasteiger partial charge in [-0.2, -0.15) is 0 Å². The number of hydrogen-bond donors (Lipinski definition) is 2. The molecule has 7 heteroatoms. The second kappa shape index (κ2) is 5.31. The average molecular weight is 312 g/mol. The maximum atomic E-state index is 12.3. The molecule has 0 aromatic heterocycles. The molecule has 0 radical (unpaired) electrons. The Morgan fingerprint density at radius 2 is 2.00 bits per heavy atom. The Morgan fingerprint density at radius 3 is 2.48 bits per heavy atom. The van der Waals surface area contributed by atoms with Gasteiger partial charge in [-0.3, -0.25) is 4.79 Å². The van der Waals surface area contributed by atoms with Crippen LogP contribution in [0.25, 0.3) is 0 Å². The number of benzene rings is 1. The summed E-state index contributed by atoms with van der Waals surface area (Å²) < 4.78 is 28.1. The van der Waals surface area contributed by atoms with E-state index in [1.54, 1.807) is 0 Å². The summed E-state index contributed by atoms with van der Waals surface area (Å²) >= 11 is 0. The molecule has 3 N–H and O–H groups in total. The minimum absolute atomic E-state index is 0.121. The number of rotatable bonds is 5. The van der Waals surface area contributed by atoms with Crippen molar-refractivity contribution in [1.29, 1.82) is 0 Å². The van der Waals surface area contributed by atoms with Crippen molar-refractivity contribution in [3.8, 4) is 5.75 Å². The lowest BCUT2D eigenvalue weighted by molar-refractivity contribution is 0.0903. The van der Waals surface area contributed by atoms with Crippen LogP contribution >= 0.6 is 0 Å². The number of primary sulfonamides is 1. The van der Waals surface area contributed by atoms with Gasteiger partial charge in [-0.15, -0.1) is 0 Å². The van der Waals surface area contributed by atoms with E-state index in [1.165, 1.54) is 25.3 Å². The Hall–Kier alpha value is -1.60. The van der Waals surface area contributed by atoms with Gasteiger partial charge in [-0.1, -0.05) is 0 Å². The van der Waals surface area contributed by atoms with Gasteiger partial charge in [0, 0.05) is 11.1 Å². The number of nitrogens with one attached hydrogen (secondary N) is 1. The van der Waals surface area contributed by atoms with Gasteiger partial charge in [0.2, 0.25) is 10.0 Å². The lowest BCUT2D eigenvalue weighted by Gasteiger charge is -2.26. The summed E-state index contributed by atoms with van der Waals surface area (Å²) in [5.74, 6) is 0.271. The number of sulfonamides is 1. The predicted octanol–water partition coefficient (Wildman–Crippen LogP) is 1.26. The lowest BCUT2D eigenvalue weighted by Crippen LogP contribution is -2.45. The van der Waals surface area contributed by atoms with Crippen molar-refractivity contribution < 1.29 is 17.9 Å². The van der Waals surface area contributed by atoms with E-state index in [2.05, 4.69) is 5.32 Å². The fourth-order valence-corrected chi connectivity index (χ4v) is 3.04. The highest BCUT2D eigenvalue weighted by molar-refractivity contribution is 7.89. The molecule has 1 aliphatic rings. The fourth-order valence-electron chi connectivity index (χ4n) is 2.31. The molecule has 1 saturated carbocycles. The van der Waals surface area contributed by atoms with Gasteiger partial charge in [0.15, 0.2) is 0 Å². The number of amides is 1. The van der Waals surface area contributed by atoms with E-state index >= 15 is 0 Å². The van der Waals surface area contributed by atoms with Crippen molar-refractivity contribution in [2.75, 3.05) is 7.11 Å². The molecule has 1 aromatic carbocycles. The second-order valence-electron chi connectivity index (χ2n) is 5.86. The van der Waals surface area contributed by atoms with E-state index in [0.29, 0.717) is 5.92 Å². The first-order valence-electron chi connectivity index (χ1n) is 6.68. The van der Waals surface area contributed by atoms with Crippen molar-refractivity contribution in [2.24, 2.45) is 11.1 Å². The summed E-state index contributed by atoms with van der Waals surface area (Å²) in [4.78, 5) is 12.1. The molecule has 6 nitrogen and oxygen atoms in total. The first-order chi connectivity index (χ1) is 9.65. The van der Waals surface area contributed by atoms with Crippen molar-refractivity contribution in [1.82, 2.24) is 5.32 Å². The van der Waals surface area contributed by atoms with Crippen molar-refractivity contribution in [3.05, 3.63) is 23.8 Å². The van der Waals surface area contributed by atoms with E-state index in [-0.39, 0.29) is 27.7 Å². The van der Waals surface area contributed by atoms with E-state index in [0.717, 1.165) is 12.8 Å². The molecule has 0 spiro atoms. The second-order valence-corrected chi connectivity index (χ2v) is 7.39. The van der Waals surface area contributed by atoms with Crippen LogP contribution in [0, 0.1) is 5.92 Å². The number of nitrogens with two attached hydrogens (primary N) is 1. The highest BCUT2D eigenvalue weighted by atomic mass is 32.2. The summed E-state index contributed by atoms with van der Waals surface area (Å²) in [5.41, 5.74) is -0.0628. The molecule has 0 atom stereocenters. The topological polar surface area (TPSA) is 98.5 Å². The molecule has 116 valence electrons. The SMILES string of the molecule is COc1ccc(C(=O)NC(C)(C)C2CC2)cc1S(N)(=O)=O. The summed E-state index contributed by atoms with van der Waals surface area (Å²) in [6.45, 7) is 3.93. The third-order valence-electron chi connectivity index (χ3n) is 3.77. The highest BCUT2D eigenvalue weighted by Gasteiger charge is 2.38. The molecule has 1 fully saturated rings. The quantitative estimate of drug-likeness (QED) is 0.855. The Kier molecular flexibility index (Phi) is 3.99. The molecule has 1 aromatic rings. The molecule has 1 aliphatic carbocycles. The molecule has 21 heavy (non-hydrogen) atoms. The van der Waals surface area contributed by atoms with Crippen LogP contribution in [0.3, 0.4) is 0 Å². The molecule has 1 amide bonds. The van der Waals surface area contributed by atoms with Crippen LogP contribution < -0.4 is 15.2 Å². The molecule has 0 heterocycles. The third-order valence-corrected chi connectivity index (χ3v) is 4.70. The average Bonchev–Trinajstić information content (AvgIpc) is 3.21. The van der Waals surface area contributed by atoms with Gasteiger partial charge in [0.1, 0.15) is 10.6 Å². The van der Waals surface area contributed by atoms with Crippen molar-refractivity contribution >= 4 is 15.9 Å². The van der Waals surface area contributed by atoms with Crippen molar-refractivity contribution in [2.45, 2.75) is 37.1 Å². The zero-order valence-electron chi connectivity index (χ0n) is 12.3. The Morgan fingerprint density at radius 1 is 1.38 bits per heavy atom. The fraction of sp³-hybridized carbons (Fsp3) is 0.500. The number of ether oxygens (including phenoxy) is 1.